The molecule has 2 rings (SSSR count). The van der Waals surface area contributed by atoms with E-state index in [-0.39, 0.29) is 11.5 Å². The highest BCUT2D eigenvalue weighted by Gasteiger charge is 2.15. The first-order valence-electron chi connectivity index (χ1n) is 7.15. The van der Waals surface area contributed by atoms with Crippen LogP contribution in [0.1, 0.15) is 45.3 Å². The number of fused-ring (bicyclic) bond motifs is 1. The van der Waals surface area contributed by atoms with Crippen LogP contribution in [0.3, 0.4) is 0 Å². The van der Waals surface area contributed by atoms with Gasteiger partial charge in [0.25, 0.3) is 0 Å². The Hall–Kier alpha value is -1.54. The third-order valence-corrected chi connectivity index (χ3v) is 3.62. The van der Waals surface area contributed by atoms with Crippen molar-refractivity contribution in [2.45, 2.75) is 39.7 Å². The van der Waals surface area contributed by atoms with Gasteiger partial charge in [0.2, 0.25) is 0 Å². The Labute approximate surface area is 121 Å². The predicted molar refractivity (Wildman–Crippen MR) is 84.1 cm³/mol. The van der Waals surface area contributed by atoms with Crippen molar-refractivity contribution in [2.24, 2.45) is 5.41 Å². The minimum absolute atomic E-state index is 0.255. The maximum Gasteiger partial charge on any atom is 0.119 e. The summed E-state index contributed by atoms with van der Waals surface area (Å²) in [6.07, 6.45) is 1.42. The van der Waals surface area contributed by atoms with Crippen LogP contribution in [-0.4, -0.2) is 12.2 Å². The summed E-state index contributed by atoms with van der Waals surface area (Å²) in [5, 5.41) is 12.6. The highest BCUT2D eigenvalue weighted by atomic mass is 16.5. The Morgan fingerprint density at radius 2 is 1.70 bits per heavy atom. The molecule has 20 heavy (non-hydrogen) atoms. The van der Waals surface area contributed by atoms with Crippen LogP contribution >= 0.6 is 0 Å². The zero-order valence-electron chi connectivity index (χ0n) is 12.8. The molecule has 0 aromatic heterocycles. The van der Waals surface area contributed by atoms with Crippen molar-refractivity contribution in [3.05, 3.63) is 42.0 Å². The molecule has 0 aliphatic heterocycles. The monoisotopic (exact) mass is 272 g/mol. The van der Waals surface area contributed by atoms with E-state index < -0.39 is 0 Å². The van der Waals surface area contributed by atoms with Crippen LogP contribution in [-0.2, 0) is 0 Å². The molecule has 0 fully saturated rings. The van der Waals surface area contributed by atoms with E-state index in [1.807, 2.05) is 30.3 Å². The summed E-state index contributed by atoms with van der Waals surface area (Å²) in [5.74, 6) is 0.860. The smallest absolute Gasteiger partial charge is 0.119 e. The van der Waals surface area contributed by atoms with Gasteiger partial charge in [0.1, 0.15) is 5.75 Å². The molecular weight excluding hydrogens is 248 g/mol. The minimum atomic E-state index is -0.388. The molecule has 2 nitrogen and oxygen atoms in total. The van der Waals surface area contributed by atoms with Gasteiger partial charge in [-0.25, -0.2) is 0 Å². The van der Waals surface area contributed by atoms with Gasteiger partial charge in [0.05, 0.1) is 13.2 Å². The van der Waals surface area contributed by atoms with Crippen molar-refractivity contribution in [3.8, 4) is 5.75 Å². The number of methoxy groups -OCH3 is 1. The molecule has 1 atom stereocenters. The summed E-state index contributed by atoms with van der Waals surface area (Å²) >= 11 is 0. The van der Waals surface area contributed by atoms with Gasteiger partial charge in [-0.15, -0.1) is 0 Å². The maximum absolute atomic E-state index is 10.3. The first-order valence-corrected chi connectivity index (χ1v) is 7.15. The van der Waals surface area contributed by atoms with Crippen LogP contribution in [0.25, 0.3) is 10.8 Å². The Balaban J connectivity index is 2.19. The molecule has 0 saturated heterocycles. The molecule has 0 radical (unpaired) electrons. The molecule has 1 unspecified atom stereocenters. The SMILES string of the molecule is COc1ccc2cc(C(O)CCC(C)(C)C)ccc2c1. The van der Waals surface area contributed by atoms with E-state index in [1.165, 1.54) is 0 Å². The van der Waals surface area contributed by atoms with Crippen molar-refractivity contribution < 1.29 is 9.84 Å². The van der Waals surface area contributed by atoms with Gasteiger partial charge in [0.15, 0.2) is 0 Å². The first kappa shape index (κ1) is 14.9. The highest BCUT2D eigenvalue weighted by Crippen LogP contribution is 2.29. The zero-order valence-corrected chi connectivity index (χ0v) is 12.8. The fourth-order valence-electron chi connectivity index (χ4n) is 2.31. The van der Waals surface area contributed by atoms with Gasteiger partial charge in [-0.05, 0) is 52.8 Å². The van der Waals surface area contributed by atoms with E-state index in [9.17, 15) is 5.11 Å². The minimum Gasteiger partial charge on any atom is -0.497 e. The third-order valence-electron chi connectivity index (χ3n) is 3.62. The average Bonchev–Trinajstić information content (AvgIpc) is 2.42. The molecule has 2 aromatic rings. The molecule has 0 amide bonds. The lowest BCUT2D eigenvalue weighted by molar-refractivity contribution is 0.148. The Kier molecular flexibility index (Phi) is 4.34. The summed E-state index contributed by atoms with van der Waals surface area (Å²) in [4.78, 5) is 0. The summed E-state index contributed by atoms with van der Waals surface area (Å²) in [6.45, 7) is 6.60. The third kappa shape index (κ3) is 3.73. The van der Waals surface area contributed by atoms with Crippen LogP contribution in [0.15, 0.2) is 36.4 Å². The Morgan fingerprint density at radius 1 is 1.05 bits per heavy atom. The van der Waals surface area contributed by atoms with Crippen molar-refractivity contribution in [1.82, 2.24) is 0 Å². The first-order chi connectivity index (χ1) is 9.39. The van der Waals surface area contributed by atoms with Crippen LogP contribution in [0.5, 0.6) is 5.75 Å². The van der Waals surface area contributed by atoms with Gasteiger partial charge in [0, 0.05) is 0 Å². The van der Waals surface area contributed by atoms with E-state index in [1.54, 1.807) is 7.11 Å². The Bertz CT molecular complexity index is 581. The Morgan fingerprint density at radius 3 is 2.35 bits per heavy atom. The standard InChI is InChI=1S/C18H24O2/c1-18(2,3)10-9-17(19)15-6-5-14-12-16(20-4)8-7-13(14)11-15/h5-8,11-12,17,19H,9-10H2,1-4H3. The van der Waals surface area contributed by atoms with Crippen molar-refractivity contribution in [2.75, 3.05) is 7.11 Å². The molecule has 0 saturated carbocycles. The summed E-state index contributed by atoms with van der Waals surface area (Å²) in [7, 11) is 1.67. The number of ether oxygens (including phenoxy) is 1. The largest absolute Gasteiger partial charge is 0.497 e. The van der Waals surface area contributed by atoms with Gasteiger partial charge in [-0.3, -0.25) is 0 Å². The normalized spacial score (nSPS) is 13.4. The summed E-state index contributed by atoms with van der Waals surface area (Å²) in [6, 6.07) is 12.1. The molecule has 0 bridgehead atoms. The molecule has 0 aliphatic carbocycles. The van der Waals surface area contributed by atoms with Gasteiger partial charge in [-0.2, -0.15) is 0 Å². The van der Waals surface area contributed by atoms with E-state index >= 15 is 0 Å². The van der Waals surface area contributed by atoms with Crippen LogP contribution in [0.2, 0.25) is 0 Å². The summed E-state index contributed by atoms with van der Waals surface area (Å²) in [5.41, 5.74) is 1.25. The second-order valence-corrected chi connectivity index (χ2v) is 6.59. The van der Waals surface area contributed by atoms with Crippen molar-refractivity contribution in [1.29, 1.82) is 0 Å². The zero-order chi connectivity index (χ0) is 14.8. The van der Waals surface area contributed by atoms with E-state index in [0.29, 0.717) is 0 Å². The van der Waals surface area contributed by atoms with Crippen molar-refractivity contribution in [3.63, 3.8) is 0 Å². The second kappa shape index (κ2) is 5.84. The molecule has 2 aromatic carbocycles. The van der Waals surface area contributed by atoms with Crippen LogP contribution in [0, 0.1) is 5.41 Å². The molecule has 0 heterocycles. The van der Waals surface area contributed by atoms with E-state index in [0.717, 1.165) is 34.9 Å². The number of benzene rings is 2. The topological polar surface area (TPSA) is 29.5 Å². The fourth-order valence-corrected chi connectivity index (χ4v) is 2.31. The molecule has 0 spiro atoms. The fraction of sp³-hybridized carbons (Fsp3) is 0.444. The number of hydrogen-bond acceptors (Lipinski definition) is 2. The second-order valence-electron chi connectivity index (χ2n) is 6.59. The number of aliphatic hydroxyl groups excluding tert-OH is 1. The maximum atomic E-state index is 10.3. The number of aliphatic hydroxyl groups is 1. The molecule has 1 N–H and O–H groups in total. The number of rotatable bonds is 4. The predicted octanol–water partition coefficient (Wildman–Crippen LogP) is 4.71. The van der Waals surface area contributed by atoms with Gasteiger partial charge >= 0.3 is 0 Å². The van der Waals surface area contributed by atoms with E-state index in [2.05, 4.69) is 26.8 Å². The molecule has 2 heteroatoms. The van der Waals surface area contributed by atoms with E-state index in [4.69, 9.17) is 4.74 Å². The molecule has 108 valence electrons. The van der Waals surface area contributed by atoms with Crippen LogP contribution < -0.4 is 4.74 Å². The van der Waals surface area contributed by atoms with Gasteiger partial charge in [-0.1, -0.05) is 39.0 Å². The number of hydrogen-bond donors (Lipinski definition) is 1. The lowest BCUT2D eigenvalue weighted by Crippen LogP contribution is -2.08. The molecular formula is C18H24O2. The summed E-state index contributed by atoms with van der Waals surface area (Å²) < 4.78 is 5.23. The quantitative estimate of drug-likeness (QED) is 0.873. The lowest BCUT2D eigenvalue weighted by Gasteiger charge is -2.20. The van der Waals surface area contributed by atoms with Crippen molar-refractivity contribution >= 4 is 10.8 Å². The highest BCUT2D eigenvalue weighted by molar-refractivity contribution is 5.84. The lowest BCUT2D eigenvalue weighted by atomic mass is 9.88. The molecule has 0 aliphatic rings. The van der Waals surface area contributed by atoms with Crippen LogP contribution in [0.4, 0.5) is 0 Å². The van der Waals surface area contributed by atoms with Gasteiger partial charge < -0.3 is 9.84 Å². The average molecular weight is 272 g/mol.